The molecular formula is C15H17FN4O2S2. The zero-order chi connectivity index (χ0) is 17.6. The van der Waals surface area contributed by atoms with Gasteiger partial charge in [0, 0.05) is 0 Å². The summed E-state index contributed by atoms with van der Waals surface area (Å²) in [4.78, 5) is 4.95. The van der Waals surface area contributed by atoms with Crippen LogP contribution in [0.4, 0.5) is 10.1 Å². The van der Waals surface area contributed by atoms with Crippen LogP contribution in [0.1, 0.15) is 36.0 Å². The van der Waals surface area contributed by atoms with Crippen LogP contribution in [-0.2, 0) is 10.0 Å². The minimum absolute atomic E-state index is 0.0283. The fourth-order valence-electron chi connectivity index (χ4n) is 2.40. The first-order valence-corrected chi connectivity index (χ1v) is 9.64. The van der Waals surface area contributed by atoms with Gasteiger partial charge in [-0.2, -0.15) is 18.0 Å². The third-order valence-corrected chi connectivity index (χ3v) is 5.73. The topological polar surface area (TPSA) is 76.4 Å². The number of halogens is 1. The molecule has 0 unspecified atom stereocenters. The number of rotatable bonds is 4. The molecule has 0 aliphatic carbocycles. The number of anilines is 1. The monoisotopic (exact) mass is 368 g/mol. The third kappa shape index (κ3) is 2.89. The number of hydrogen-bond donors (Lipinski definition) is 1. The summed E-state index contributed by atoms with van der Waals surface area (Å²) in [5.74, 6) is -0.500. The van der Waals surface area contributed by atoms with Crippen LogP contribution in [0.3, 0.4) is 0 Å². The van der Waals surface area contributed by atoms with E-state index in [1.54, 1.807) is 13.8 Å². The number of sulfonamides is 1. The number of hydrogen-bond acceptors (Lipinski definition) is 5. The second-order valence-electron chi connectivity index (χ2n) is 5.84. The van der Waals surface area contributed by atoms with Gasteiger partial charge in [0.1, 0.15) is 10.8 Å². The molecule has 9 heteroatoms. The summed E-state index contributed by atoms with van der Waals surface area (Å²) in [7, 11) is -3.92. The van der Waals surface area contributed by atoms with Gasteiger partial charge in [-0.05, 0) is 43.5 Å². The van der Waals surface area contributed by atoms with Gasteiger partial charge in [-0.1, -0.05) is 25.2 Å². The van der Waals surface area contributed by atoms with Crippen molar-refractivity contribution in [2.45, 2.75) is 38.6 Å². The molecule has 0 aliphatic rings. The summed E-state index contributed by atoms with van der Waals surface area (Å²) < 4.78 is 43.0. The van der Waals surface area contributed by atoms with E-state index >= 15 is 0 Å². The van der Waals surface area contributed by atoms with Crippen LogP contribution in [0.2, 0.25) is 0 Å². The van der Waals surface area contributed by atoms with Gasteiger partial charge in [0.2, 0.25) is 9.99 Å². The van der Waals surface area contributed by atoms with E-state index in [1.165, 1.54) is 34.1 Å². The van der Waals surface area contributed by atoms with Crippen LogP contribution >= 0.6 is 11.3 Å². The van der Waals surface area contributed by atoms with Crippen LogP contribution in [0.15, 0.2) is 23.2 Å². The molecule has 1 N–H and O–H groups in total. The number of benzene rings is 1. The minimum Gasteiger partial charge on any atom is -0.278 e. The lowest BCUT2D eigenvalue weighted by atomic mass is 10.2. The Morgan fingerprint density at radius 3 is 2.62 bits per heavy atom. The number of nitrogens with zero attached hydrogens (tertiary/aromatic N) is 3. The van der Waals surface area contributed by atoms with Crippen LogP contribution in [0, 0.1) is 19.7 Å². The Labute approximate surface area is 143 Å². The number of imidazole rings is 1. The molecule has 0 radical (unpaired) electrons. The Morgan fingerprint density at radius 1 is 1.29 bits per heavy atom. The average molecular weight is 368 g/mol. The van der Waals surface area contributed by atoms with E-state index in [2.05, 4.69) is 14.8 Å². The van der Waals surface area contributed by atoms with E-state index in [9.17, 15) is 12.8 Å². The fraction of sp³-hybridized carbons (Fsp3) is 0.333. The minimum atomic E-state index is -3.92. The molecule has 128 valence electrons. The molecular weight excluding hydrogens is 351 g/mol. The quantitative estimate of drug-likeness (QED) is 0.765. The molecule has 3 rings (SSSR count). The Kier molecular flexibility index (Phi) is 4.08. The van der Waals surface area contributed by atoms with Gasteiger partial charge in [0.15, 0.2) is 0 Å². The molecule has 0 atom stereocenters. The summed E-state index contributed by atoms with van der Waals surface area (Å²) in [6.45, 7) is 7.19. The van der Waals surface area contributed by atoms with Gasteiger partial charge in [0.05, 0.1) is 11.4 Å². The van der Waals surface area contributed by atoms with Gasteiger partial charge in [-0.25, -0.2) is 9.37 Å². The predicted octanol–water partition coefficient (Wildman–Crippen LogP) is 3.47. The van der Waals surface area contributed by atoms with Crippen LogP contribution < -0.4 is 4.72 Å². The summed E-state index contributed by atoms with van der Waals surface area (Å²) in [6.07, 6.45) is 0. The summed E-state index contributed by atoms with van der Waals surface area (Å²) >= 11 is 1.33. The first kappa shape index (κ1) is 16.8. The summed E-state index contributed by atoms with van der Waals surface area (Å²) in [5.41, 5.74) is 1.29. The molecule has 1 aromatic carbocycles. The summed E-state index contributed by atoms with van der Waals surface area (Å²) in [6, 6.07) is 3.90. The van der Waals surface area contributed by atoms with Crippen molar-refractivity contribution < 1.29 is 12.8 Å². The van der Waals surface area contributed by atoms with E-state index in [4.69, 9.17) is 0 Å². The van der Waals surface area contributed by atoms with E-state index in [1.807, 2.05) is 13.8 Å². The normalized spacial score (nSPS) is 12.2. The first-order chi connectivity index (χ1) is 11.2. The highest BCUT2D eigenvalue weighted by Gasteiger charge is 2.29. The smallest absolute Gasteiger partial charge is 0.278 e. The number of aromatic nitrogens is 3. The molecule has 0 saturated heterocycles. The SMILES string of the molecule is Cc1nn2c(S(=O)(=O)Nc3ccc(F)cc3C)c(C(C)C)nc2s1. The Bertz CT molecular complexity index is 1020. The standard InChI is InChI=1S/C15H17FN4O2S2/c1-8(2)13-14(20-15(17-13)23-10(4)18-20)24(21,22)19-12-6-5-11(16)7-9(12)3/h5-8,19H,1-4H3. The molecule has 2 heterocycles. The largest absolute Gasteiger partial charge is 0.281 e. The van der Waals surface area contributed by atoms with Crippen LogP contribution in [0.25, 0.3) is 4.96 Å². The lowest BCUT2D eigenvalue weighted by Gasteiger charge is -2.12. The molecule has 6 nitrogen and oxygen atoms in total. The van der Waals surface area contributed by atoms with Crippen molar-refractivity contribution in [1.29, 1.82) is 0 Å². The Morgan fingerprint density at radius 2 is 2.00 bits per heavy atom. The Hall–Kier alpha value is -2.00. The highest BCUT2D eigenvalue weighted by molar-refractivity contribution is 7.92. The van der Waals surface area contributed by atoms with Gasteiger partial charge in [-0.3, -0.25) is 4.72 Å². The molecule has 2 aromatic heterocycles. The van der Waals surface area contributed by atoms with Crippen LogP contribution in [-0.4, -0.2) is 23.0 Å². The van der Waals surface area contributed by atoms with Gasteiger partial charge in [-0.15, -0.1) is 0 Å². The van der Waals surface area contributed by atoms with E-state index in [0.717, 1.165) is 5.01 Å². The molecule has 0 aliphatic heterocycles. The second kappa shape index (κ2) is 5.82. The Balaban J connectivity index is 2.15. The molecule has 24 heavy (non-hydrogen) atoms. The number of nitrogens with one attached hydrogen (secondary N) is 1. The average Bonchev–Trinajstić information content (AvgIpc) is 2.97. The van der Waals surface area contributed by atoms with Crippen molar-refractivity contribution in [1.82, 2.24) is 14.6 Å². The van der Waals surface area contributed by atoms with E-state index in [0.29, 0.717) is 21.9 Å². The maximum absolute atomic E-state index is 13.2. The van der Waals surface area contributed by atoms with Crippen molar-refractivity contribution in [3.63, 3.8) is 0 Å². The second-order valence-corrected chi connectivity index (χ2v) is 8.59. The molecule has 3 aromatic rings. The maximum Gasteiger partial charge on any atom is 0.281 e. The van der Waals surface area contributed by atoms with E-state index in [-0.39, 0.29) is 10.9 Å². The lowest BCUT2D eigenvalue weighted by Crippen LogP contribution is -2.18. The van der Waals surface area contributed by atoms with Crippen molar-refractivity contribution in [3.8, 4) is 0 Å². The molecule has 0 amide bonds. The highest BCUT2D eigenvalue weighted by Crippen LogP contribution is 2.29. The molecule has 0 bridgehead atoms. The van der Waals surface area contributed by atoms with Gasteiger partial charge >= 0.3 is 0 Å². The number of aryl methyl sites for hydroxylation is 2. The zero-order valence-corrected chi connectivity index (χ0v) is 15.3. The van der Waals surface area contributed by atoms with Gasteiger partial charge < -0.3 is 0 Å². The van der Waals surface area contributed by atoms with Crippen molar-refractivity contribution in [2.24, 2.45) is 0 Å². The maximum atomic E-state index is 13.2. The third-order valence-electron chi connectivity index (χ3n) is 3.52. The van der Waals surface area contributed by atoms with Crippen molar-refractivity contribution in [3.05, 3.63) is 40.3 Å². The van der Waals surface area contributed by atoms with Crippen molar-refractivity contribution in [2.75, 3.05) is 4.72 Å². The predicted molar refractivity (Wildman–Crippen MR) is 91.6 cm³/mol. The number of fused-ring (bicyclic) bond motifs is 1. The first-order valence-electron chi connectivity index (χ1n) is 7.34. The van der Waals surface area contributed by atoms with E-state index < -0.39 is 15.8 Å². The fourth-order valence-corrected chi connectivity index (χ4v) is 4.74. The lowest BCUT2D eigenvalue weighted by molar-refractivity contribution is 0.589. The van der Waals surface area contributed by atoms with Crippen molar-refractivity contribution >= 4 is 32.0 Å². The molecule has 0 spiro atoms. The summed E-state index contributed by atoms with van der Waals surface area (Å²) in [5, 5.41) is 5.01. The van der Waals surface area contributed by atoms with Crippen LogP contribution in [0.5, 0.6) is 0 Å². The molecule has 0 saturated carbocycles. The zero-order valence-electron chi connectivity index (χ0n) is 13.7. The highest BCUT2D eigenvalue weighted by atomic mass is 32.2. The van der Waals surface area contributed by atoms with Gasteiger partial charge in [0.25, 0.3) is 10.0 Å². The molecule has 0 fully saturated rings.